The summed E-state index contributed by atoms with van der Waals surface area (Å²) in [6.45, 7) is 0. The molecule has 0 unspecified atom stereocenters. The standard InChI is InChI=1S/C20H17NO4/c1-24-19(22)15-16(20(23)25-2)18(14-11-7-4-8-12-14)21-17(15)13-9-5-3-6-10-13/h3-12,21H,1-2H3. The van der Waals surface area contributed by atoms with Crippen molar-refractivity contribution in [1.29, 1.82) is 0 Å². The molecule has 3 rings (SSSR count). The van der Waals surface area contributed by atoms with Crippen LogP contribution in [0.4, 0.5) is 0 Å². The van der Waals surface area contributed by atoms with Crippen LogP contribution >= 0.6 is 0 Å². The molecule has 0 spiro atoms. The summed E-state index contributed by atoms with van der Waals surface area (Å²) in [5.74, 6) is -1.20. The number of esters is 2. The number of H-pyrrole nitrogens is 1. The fourth-order valence-corrected chi connectivity index (χ4v) is 2.76. The lowest BCUT2D eigenvalue weighted by Gasteiger charge is -2.06. The highest BCUT2D eigenvalue weighted by Gasteiger charge is 2.30. The van der Waals surface area contributed by atoms with Crippen molar-refractivity contribution in [3.63, 3.8) is 0 Å². The van der Waals surface area contributed by atoms with Gasteiger partial charge in [0.25, 0.3) is 0 Å². The molecule has 0 aliphatic carbocycles. The van der Waals surface area contributed by atoms with Crippen molar-refractivity contribution < 1.29 is 19.1 Å². The van der Waals surface area contributed by atoms with Crippen LogP contribution in [-0.4, -0.2) is 31.1 Å². The number of nitrogens with one attached hydrogen (secondary N) is 1. The lowest BCUT2D eigenvalue weighted by atomic mass is 10.0. The maximum atomic E-state index is 12.4. The first-order chi connectivity index (χ1) is 12.2. The van der Waals surface area contributed by atoms with Crippen LogP contribution in [0.5, 0.6) is 0 Å². The average Bonchev–Trinajstić information content (AvgIpc) is 3.08. The molecule has 0 radical (unpaired) electrons. The zero-order valence-electron chi connectivity index (χ0n) is 13.9. The molecule has 0 atom stereocenters. The fourth-order valence-electron chi connectivity index (χ4n) is 2.76. The van der Waals surface area contributed by atoms with E-state index in [2.05, 4.69) is 4.98 Å². The third kappa shape index (κ3) is 3.04. The van der Waals surface area contributed by atoms with E-state index in [1.165, 1.54) is 14.2 Å². The first-order valence-electron chi connectivity index (χ1n) is 7.70. The summed E-state index contributed by atoms with van der Waals surface area (Å²) in [5, 5.41) is 0. The van der Waals surface area contributed by atoms with Crippen LogP contribution < -0.4 is 0 Å². The van der Waals surface area contributed by atoms with Crippen molar-refractivity contribution in [1.82, 2.24) is 4.98 Å². The number of carbonyl (C=O) groups excluding carboxylic acids is 2. The van der Waals surface area contributed by atoms with Gasteiger partial charge >= 0.3 is 11.9 Å². The van der Waals surface area contributed by atoms with Crippen molar-refractivity contribution >= 4 is 11.9 Å². The third-order valence-corrected chi connectivity index (χ3v) is 3.90. The van der Waals surface area contributed by atoms with Crippen LogP contribution in [0.15, 0.2) is 60.7 Å². The van der Waals surface area contributed by atoms with Gasteiger partial charge in [-0.15, -0.1) is 0 Å². The van der Waals surface area contributed by atoms with Gasteiger partial charge in [-0.3, -0.25) is 0 Å². The van der Waals surface area contributed by atoms with Gasteiger partial charge in [-0.1, -0.05) is 60.7 Å². The Kier molecular flexibility index (Phi) is 4.66. The minimum Gasteiger partial charge on any atom is -0.465 e. The number of aromatic amines is 1. The molecule has 5 nitrogen and oxygen atoms in total. The fraction of sp³-hybridized carbons (Fsp3) is 0.100. The number of rotatable bonds is 4. The maximum absolute atomic E-state index is 12.4. The van der Waals surface area contributed by atoms with Crippen molar-refractivity contribution in [3.8, 4) is 22.5 Å². The van der Waals surface area contributed by atoms with Crippen molar-refractivity contribution in [2.75, 3.05) is 14.2 Å². The summed E-state index contributed by atoms with van der Waals surface area (Å²) < 4.78 is 9.83. The van der Waals surface area contributed by atoms with Crippen LogP contribution in [-0.2, 0) is 9.47 Å². The first-order valence-corrected chi connectivity index (χ1v) is 7.70. The van der Waals surface area contributed by atoms with E-state index in [0.717, 1.165) is 11.1 Å². The normalized spacial score (nSPS) is 10.3. The predicted molar refractivity (Wildman–Crippen MR) is 94.3 cm³/mol. The Morgan fingerprint density at radius 2 is 1.04 bits per heavy atom. The summed E-state index contributed by atoms with van der Waals surface area (Å²) in [7, 11) is 2.57. The number of carbonyl (C=O) groups is 2. The van der Waals surface area contributed by atoms with E-state index in [-0.39, 0.29) is 11.1 Å². The Morgan fingerprint density at radius 1 is 0.680 bits per heavy atom. The number of methoxy groups -OCH3 is 2. The van der Waals surface area contributed by atoms with Crippen LogP contribution in [0.3, 0.4) is 0 Å². The average molecular weight is 335 g/mol. The Morgan fingerprint density at radius 3 is 1.36 bits per heavy atom. The zero-order chi connectivity index (χ0) is 17.8. The van der Waals surface area contributed by atoms with E-state index in [1.54, 1.807) is 0 Å². The van der Waals surface area contributed by atoms with E-state index < -0.39 is 11.9 Å². The lowest BCUT2D eigenvalue weighted by Crippen LogP contribution is -2.11. The summed E-state index contributed by atoms with van der Waals surface area (Å²) in [4.78, 5) is 28.1. The molecule has 1 heterocycles. The predicted octanol–water partition coefficient (Wildman–Crippen LogP) is 3.92. The molecule has 1 N–H and O–H groups in total. The summed E-state index contributed by atoms with van der Waals surface area (Å²) in [5.41, 5.74) is 2.92. The van der Waals surface area contributed by atoms with Crippen LogP contribution in [0, 0.1) is 0 Å². The van der Waals surface area contributed by atoms with Gasteiger partial charge in [0, 0.05) is 0 Å². The van der Waals surface area contributed by atoms with Crippen molar-refractivity contribution in [2.45, 2.75) is 0 Å². The molecule has 25 heavy (non-hydrogen) atoms. The number of aromatic nitrogens is 1. The van der Waals surface area contributed by atoms with E-state index in [0.29, 0.717) is 11.4 Å². The van der Waals surface area contributed by atoms with Gasteiger partial charge in [0.1, 0.15) is 11.1 Å². The highest BCUT2D eigenvalue weighted by atomic mass is 16.5. The second-order valence-electron chi connectivity index (χ2n) is 5.34. The first kappa shape index (κ1) is 16.5. The Hall–Kier alpha value is -3.34. The summed E-state index contributed by atoms with van der Waals surface area (Å²) in [6, 6.07) is 18.6. The molecule has 5 heteroatoms. The largest absolute Gasteiger partial charge is 0.465 e. The number of ether oxygens (including phenoxy) is 2. The van der Waals surface area contributed by atoms with Crippen molar-refractivity contribution in [3.05, 3.63) is 71.8 Å². The monoisotopic (exact) mass is 335 g/mol. The molecule has 0 saturated carbocycles. The molecule has 0 amide bonds. The van der Waals surface area contributed by atoms with Gasteiger partial charge in [0.05, 0.1) is 25.6 Å². The summed E-state index contributed by atoms with van der Waals surface area (Å²) >= 11 is 0. The Bertz CT molecular complexity index is 824. The van der Waals surface area contributed by atoms with Crippen LogP contribution in [0.1, 0.15) is 20.7 Å². The number of hydrogen-bond acceptors (Lipinski definition) is 4. The Labute approximate surface area is 145 Å². The van der Waals surface area contributed by atoms with E-state index in [1.807, 2.05) is 60.7 Å². The quantitative estimate of drug-likeness (QED) is 0.734. The van der Waals surface area contributed by atoms with Gasteiger partial charge in [-0.05, 0) is 11.1 Å². The molecule has 2 aromatic carbocycles. The summed E-state index contributed by atoms with van der Waals surface area (Å²) in [6.07, 6.45) is 0. The van der Waals surface area contributed by atoms with Crippen LogP contribution in [0.2, 0.25) is 0 Å². The van der Waals surface area contributed by atoms with E-state index in [4.69, 9.17) is 9.47 Å². The van der Waals surface area contributed by atoms with E-state index in [9.17, 15) is 9.59 Å². The molecule has 0 aliphatic heterocycles. The lowest BCUT2D eigenvalue weighted by molar-refractivity contribution is 0.0558. The molecule has 3 aromatic rings. The second kappa shape index (κ2) is 7.05. The van der Waals surface area contributed by atoms with Crippen molar-refractivity contribution in [2.24, 2.45) is 0 Å². The molecule has 0 saturated heterocycles. The number of hydrogen-bond donors (Lipinski definition) is 1. The second-order valence-corrected chi connectivity index (χ2v) is 5.34. The zero-order valence-corrected chi connectivity index (χ0v) is 13.9. The topological polar surface area (TPSA) is 68.4 Å². The third-order valence-electron chi connectivity index (χ3n) is 3.90. The van der Waals surface area contributed by atoms with Gasteiger partial charge in [-0.2, -0.15) is 0 Å². The highest BCUT2D eigenvalue weighted by molar-refractivity contribution is 6.11. The Balaban J connectivity index is 2.34. The minimum atomic E-state index is -0.599. The molecule has 126 valence electrons. The van der Waals surface area contributed by atoms with Gasteiger partial charge in [-0.25, -0.2) is 9.59 Å². The van der Waals surface area contributed by atoms with E-state index >= 15 is 0 Å². The molecular formula is C20H17NO4. The maximum Gasteiger partial charge on any atom is 0.340 e. The van der Waals surface area contributed by atoms with Gasteiger partial charge in [0.2, 0.25) is 0 Å². The minimum absolute atomic E-state index is 0.166. The number of benzene rings is 2. The SMILES string of the molecule is COC(=O)c1c(-c2ccccc2)[nH]c(-c2ccccc2)c1C(=O)OC. The van der Waals surface area contributed by atoms with Gasteiger partial charge < -0.3 is 14.5 Å². The smallest absolute Gasteiger partial charge is 0.340 e. The molecule has 0 aliphatic rings. The molecular weight excluding hydrogens is 318 g/mol. The van der Waals surface area contributed by atoms with Gasteiger partial charge in [0.15, 0.2) is 0 Å². The van der Waals surface area contributed by atoms with Crippen LogP contribution in [0.25, 0.3) is 22.5 Å². The highest BCUT2D eigenvalue weighted by Crippen LogP contribution is 2.34. The molecule has 0 bridgehead atoms. The molecule has 0 fully saturated rings. The molecule has 1 aromatic heterocycles.